The second kappa shape index (κ2) is 7.72. The zero-order chi connectivity index (χ0) is 15.2. The first-order valence-corrected chi connectivity index (χ1v) is 7.49. The first-order valence-electron chi connectivity index (χ1n) is 7.49. The molecule has 1 N–H and O–H groups in total. The molecule has 0 aromatic heterocycles. The van der Waals surface area contributed by atoms with Gasteiger partial charge < -0.3 is 5.32 Å². The summed E-state index contributed by atoms with van der Waals surface area (Å²) in [6, 6.07) is 4.62. The summed E-state index contributed by atoms with van der Waals surface area (Å²) in [6.07, 6.45) is 3.61. The first-order chi connectivity index (χ1) is 9.33. The van der Waals surface area contributed by atoms with Crippen LogP contribution in [0.15, 0.2) is 18.2 Å². The van der Waals surface area contributed by atoms with Gasteiger partial charge >= 0.3 is 0 Å². The number of hydrogen-bond acceptors (Lipinski definition) is 1. The van der Waals surface area contributed by atoms with E-state index in [0.29, 0.717) is 12.0 Å². The smallest absolute Gasteiger partial charge is 0.162 e. The van der Waals surface area contributed by atoms with Crippen LogP contribution < -0.4 is 5.32 Å². The molecule has 3 heteroatoms. The van der Waals surface area contributed by atoms with Crippen molar-refractivity contribution in [3.8, 4) is 0 Å². The van der Waals surface area contributed by atoms with Crippen LogP contribution in [0.3, 0.4) is 0 Å². The van der Waals surface area contributed by atoms with E-state index >= 15 is 0 Å². The largest absolute Gasteiger partial charge is 0.314 e. The van der Waals surface area contributed by atoms with Crippen molar-refractivity contribution < 1.29 is 8.78 Å². The minimum atomic E-state index is -0.757. The van der Waals surface area contributed by atoms with Crippen molar-refractivity contribution in [2.75, 3.05) is 6.54 Å². The van der Waals surface area contributed by atoms with E-state index in [1.54, 1.807) is 12.1 Å². The van der Waals surface area contributed by atoms with Gasteiger partial charge in [0.1, 0.15) is 0 Å². The van der Waals surface area contributed by atoms with Crippen LogP contribution in [0, 0.1) is 17.0 Å². The van der Waals surface area contributed by atoms with Crippen molar-refractivity contribution in [2.45, 2.75) is 59.4 Å². The topological polar surface area (TPSA) is 12.0 Å². The Hall–Kier alpha value is -0.960. The summed E-state index contributed by atoms with van der Waals surface area (Å²) in [4.78, 5) is 0. The quantitative estimate of drug-likeness (QED) is 0.764. The van der Waals surface area contributed by atoms with Crippen molar-refractivity contribution in [1.29, 1.82) is 0 Å². The summed E-state index contributed by atoms with van der Waals surface area (Å²) >= 11 is 0. The van der Waals surface area contributed by atoms with E-state index < -0.39 is 11.6 Å². The predicted octanol–water partition coefficient (Wildman–Crippen LogP) is 4.70. The molecule has 0 amide bonds. The summed E-state index contributed by atoms with van der Waals surface area (Å²) < 4.78 is 27.0. The van der Waals surface area contributed by atoms with Gasteiger partial charge in [0.25, 0.3) is 0 Å². The maximum atomic E-state index is 13.8. The normalized spacial score (nSPS) is 13.5. The lowest BCUT2D eigenvalue weighted by Crippen LogP contribution is -2.33. The van der Waals surface area contributed by atoms with Gasteiger partial charge in [0, 0.05) is 6.04 Å². The van der Waals surface area contributed by atoms with Crippen molar-refractivity contribution in [3.63, 3.8) is 0 Å². The molecule has 1 aromatic rings. The van der Waals surface area contributed by atoms with Gasteiger partial charge in [-0.2, -0.15) is 0 Å². The van der Waals surface area contributed by atoms with Gasteiger partial charge in [0.15, 0.2) is 11.6 Å². The number of benzene rings is 1. The molecule has 0 saturated carbocycles. The van der Waals surface area contributed by atoms with Gasteiger partial charge in [0.2, 0.25) is 0 Å². The Bertz CT molecular complexity index is 410. The van der Waals surface area contributed by atoms with Crippen molar-refractivity contribution >= 4 is 0 Å². The number of nitrogens with one attached hydrogen (secondary N) is 1. The fraction of sp³-hybridized carbons (Fsp3) is 0.647. The van der Waals surface area contributed by atoms with Gasteiger partial charge in [0.05, 0.1) is 0 Å². The van der Waals surface area contributed by atoms with Crippen LogP contribution in [0.1, 0.15) is 52.5 Å². The number of halogens is 2. The molecule has 0 aliphatic carbocycles. The van der Waals surface area contributed by atoms with Crippen LogP contribution in [0.4, 0.5) is 8.78 Å². The molecule has 20 heavy (non-hydrogen) atoms. The van der Waals surface area contributed by atoms with Gasteiger partial charge in [-0.1, -0.05) is 39.8 Å². The van der Waals surface area contributed by atoms with Crippen LogP contribution in [0.25, 0.3) is 0 Å². The molecule has 1 atom stereocenters. The second-order valence-corrected chi connectivity index (χ2v) is 6.67. The monoisotopic (exact) mass is 283 g/mol. The summed E-state index contributed by atoms with van der Waals surface area (Å²) in [6.45, 7) is 9.62. The molecule has 1 rings (SSSR count). The molecule has 0 saturated heterocycles. The van der Waals surface area contributed by atoms with E-state index in [2.05, 4.69) is 33.0 Å². The minimum Gasteiger partial charge on any atom is -0.314 e. The Morgan fingerprint density at radius 1 is 1.20 bits per heavy atom. The molecule has 1 aromatic carbocycles. The van der Waals surface area contributed by atoms with Crippen LogP contribution in [-0.2, 0) is 6.42 Å². The zero-order valence-electron chi connectivity index (χ0n) is 13.1. The van der Waals surface area contributed by atoms with E-state index in [1.165, 1.54) is 6.07 Å². The predicted molar refractivity (Wildman–Crippen MR) is 80.8 cm³/mol. The Balaban J connectivity index is 2.70. The highest BCUT2D eigenvalue weighted by molar-refractivity contribution is 5.20. The molecule has 1 nitrogen and oxygen atoms in total. The van der Waals surface area contributed by atoms with Crippen LogP contribution in [-0.4, -0.2) is 12.6 Å². The van der Waals surface area contributed by atoms with E-state index in [9.17, 15) is 8.78 Å². The van der Waals surface area contributed by atoms with Gasteiger partial charge in [-0.3, -0.25) is 0 Å². The van der Waals surface area contributed by atoms with Gasteiger partial charge in [-0.25, -0.2) is 8.78 Å². The lowest BCUT2D eigenvalue weighted by atomic mass is 9.87. The highest BCUT2D eigenvalue weighted by atomic mass is 19.2. The third kappa shape index (κ3) is 6.00. The zero-order valence-corrected chi connectivity index (χ0v) is 13.1. The molecular weight excluding hydrogens is 256 g/mol. The third-order valence-electron chi connectivity index (χ3n) is 3.42. The molecule has 0 radical (unpaired) electrons. The fourth-order valence-electron chi connectivity index (χ4n) is 2.20. The van der Waals surface area contributed by atoms with Crippen molar-refractivity contribution in [1.82, 2.24) is 5.32 Å². The minimum absolute atomic E-state index is 0.200. The first kappa shape index (κ1) is 17.1. The van der Waals surface area contributed by atoms with Crippen LogP contribution in [0.5, 0.6) is 0 Å². The van der Waals surface area contributed by atoms with Gasteiger partial charge in [-0.05, 0) is 49.3 Å². The SMILES string of the molecule is CCCNC(CCC(C)(C)C)Cc1cccc(F)c1F. The number of hydrogen-bond donors (Lipinski definition) is 1. The van der Waals surface area contributed by atoms with E-state index in [4.69, 9.17) is 0 Å². The second-order valence-electron chi connectivity index (χ2n) is 6.67. The Kier molecular flexibility index (Phi) is 6.60. The molecule has 0 heterocycles. The van der Waals surface area contributed by atoms with E-state index in [-0.39, 0.29) is 11.5 Å². The van der Waals surface area contributed by atoms with E-state index in [1.807, 2.05) is 0 Å². The fourth-order valence-corrected chi connectivity index (χ4v) is 2.20. The van der Waals surface area contributed by atoms with Gasteiger partial charge in [-0.15, -0.1) is 0 Å². The highest BCUT2D eigenvalue weighted by Crippen LogP contribution is 2.23. The van der Waals surface area contributed by atoms with Crippen molar-refractivity contribution in [2.24, 2.45) is 5.41 Å². The van der Waals surface area contributed by atoms with Crippen molar-refractivity contribution in [3.05, 3.63) is 35.4 Å². The number of rotatable bonds is 7. The van der Waals surface area contributed by atoms with Crippen LogP contribution >= 0.6 is 0 Å². The summed E-state index contributed by atoms with van der Waals surface area (Å²) in [5, 5.41) is 3.45. The molecule has 1 unspecified atom stereocenters. The average molecular weight is 283 g/mol. The Labute approximate surface area is 121 Å². The van der Waals surface area contributed by atoms with Crippen LogP contribution in [0.2, 0.25) is 0 Å². The average Bonchev–Trinajstić information content (AvgIpc) is 2.37. The third-order valence-corrected chi connectivity index (χ3v) is 3.42. The van der Waals surface area contributed by atoms with E-state index in [0.717, 1.165) is 25.8 Å². The summed E-state index contributed by atoms with van der Waals surface area (Å²) in [5.41, 5.74) is 0.722. The maximum Gasteiger partial charge on any atom is 0.162 e. The standard InChI is InChI=1S/C17H27F2N/c1-5-11-20-14(9-10-17(2,3)4)12-13-7-6-8-15(18)16(13)19/h6-8,14,20H,5,9-12H2,1-4H3. The molecule has 0 spiro atoms. The summed E-state index contributed by atoms with van der Waals surface area (Å²) in [7, 11) is 0. The molecular formula is C17H27F2N. The summed E-state index contributed by atoms with van der Waals surface area (Å²) in [5.74, 6) is -1.46. The lowest BCUT2D eigenvalue weighted by Gasteiger charge is -2.24. The Morgan fingerprint density at radius 3 is 2.50 bits per heavy atom. The molecule has 0 aliphatic rings. The molecule has 0 fully saturated rings. The maximum absolute atomic E-state index is 13.8. The molecule has 0 aliphatic heterocycles. The molecule has 114 valence electrons. The molecule has 0 bridgehead atoms. The lowest BCUT2D eigenvalue weighted by molar-refractivity contribution is 0.327. The Morgan fingerprint density at radius 2 is 1.90 bits per heavy atom. The highest BCUT2D eigenvalue weighted by Gasteiger charge is 2.17.